The Morgan fingerprint density at radius 1 is 1.60 bits per heavy atom. The maximum atomic E-state index is 12.6. The quantitative estimate of drug-likeness (QED) is 0.699. The largest absolute Gasteiger partial charge is 0.370 e. The molecule has 1 aliphatic heterocycles. The highest BCUT2D eigenvalue weighted by molar-refractivity contribution is 7.99. The van der Waals surface area contributed by atoms with Gasteiger partial charge in [-0.25, -0.2) is 4.98 Å². The van der Waals surface area contributed by atoms with Gasteiger partial charge in [0.25, 0.3) is 0 Å². The minimum absolute atomic E-state index is 0.0723. The molecule has 0 aromatic carbocycles. The second-order valence-electron chi connectivity index (χ2n) is 5.38. The number of ether oxygens (including phenoxy) is 1. The summed E-state index contributed by atoms with van der Waals surface area (Å²) in [6.07, 6.45) is 2.47. The Balaban J connectivity index is 2.10. The number of aromatic nitrogens is 2. The minimum atomic E-state index is -0.271. The monoisotopic (exact) mass is 308 g/mol. The zero-order valence-corrected chi connectivity index (χ0v) is 13.1. The lowest BCUT2D eigenvalue weighted by atomic mass is 9.96. The van der Waals surface area contributed by atoms with E-state index in [0.717, 1.165) is 26.2 Å². The molecule has 0 amide bonds. The SMILES string of the molecule is C=CCSc1nc2sc3c(c(=O)c2[nH]1)CC(C)(C)OC3. The summed E-state index contributed by atoms with van der Waals surface area (Å²) >= 11 is 3.10. The van der Waals surface area contributed by atoms with Crippen molar-refractivity contribution in [2.24, 2.45) is 0 Å². The second-order valence-corrected chi connectivity index (χ2v) is 7.47. The number of nitrogens with one attached hydrogen (secondary N) is 1. The molecule has 106 valence electrons. The van der Waals surface area contributed by atoms with Crippen LogP contribution in [0.4, 0.5) is 0 Å². The van der Waals surface area contributed by atoms with Gasteiger partial charge < -0.3 is 9.72 Å². The summed E-state index contributed by atoms with van der Waals surface area (Å²) in [5.41, 5.74) is 1.30. The maximum absolute atomic E-state index is 12.6. The summed E-state index contributed by atoms with van der Waals surface area (Å²) in [6.45, 7) is 8.22. The lowest BCUT2D eigenvalue weighted by Crippen LogP contribution is -2.34. The Labute approximate surface area is 125 Å². The van der Waals surface area contributed by atoms with Crippen molar-refractivity contribution >= 4 is 33.4 Å². The predicted octanol–water partition coefficient (Wildman–Crippen LogP) is 3.11. The molecule has 2 aromatic rings. The molecule has 0 spiro atoms. The van der Waals surface area contributed by atoms with Crippen LogP contribution in [0.25, 0.3) is 10.3 Å². The third-order valence-electron chi connectivity index (χ3n) is 3.24. The fourth-order valence-corrected chi connectivity index (χ4v) is 3.94. The van der Waals surface area contributed by atoms with Crippen molar-refractivity contribution in [2.45, 2.75) is 37.6 Å². The molecule has 0 aliphatic carbocycles. The van der Waals surface area contributed by atoms with Crippen LogP contribution in [0.15, 0.2) is 22.6 Å². The highest BCUT2D eigenvalue weighted by Crippen LogP contribution is 2.31. The molecule has 20 heavy (non-hydrogen) atoms. The Hall–Kier alpha value is -1.11. The molecule has 2 aromatic heterocycles. The number of rotatable bonds is 3. The zero-order valence-electron chi connectivity index (χ0n) is 11.5. The van der Waals surface area contributed by atoms with E-state index in [1.165, 1.54) is 0 Å². The first kappa shape index (κ1) is 13.9. The normalized spacial score (nSPS) is 17.1. The van der Waals surface area contributed by atoms with Crippen molar-refractivity contribution in [2.75, 3.05) is 5.75 Å². The molecular weight excluding hydrogens is 292 g/mol. The molecular formula is C14H16N2O2S2. The van der Waals surface area contributed by atoms with Crippen LogP contribution in [0.1, 0.15) is 24.3 Å². The summed E-state index contributed by atoms with van der Waals surface area (Å²) in [5.74, 6) is 0.772. The lowest BCUT2D eigenvalue weighted by molar-refractivity contribution is -0.0386. The third kappa shape index (κ3) is 2.43. The second kappa shape index (κ2) is 5.02. The van der Waals surface area contributed by atoms with Gasteiger partial charge in [0.05, 0.1) is 12.2 Å². The van der Waals surface area contributed by atoms with E-state index >= 15 is 0 Å². The number of hydrogen-bond acceptors (Lipinski definition) is 5. The van der Waals surface area contributed by atoms with Gasteiger partial charge in [-0.05, 0) is 13.8 Å². The third-order valence-corrected chi connectivity index (χ3v) is 5.21. The van der Waals surface area contributed by atoms with E-state index in [1.54, 1.807) is 23.1 Å². The summed E-state index contributed by atoms with van der Waals surface area (Å²) in [4.78, 5) is 22.0. The topological polar surface area (TPSA) is 55.0 Å². The van der Waals surface area contributed by atoms with Crippen molar-refractivity contribution in [1.82, 2.24) is 9.97 Å². The van der Waals surface area contributed by atoms with Gasteiger partial charge in [0.1, 0.15) is 10.3 Å². The smallest absolute Gasteiger partial charge is 0.209 e. The number of H-pyrrole nitrogens is 1. The van der Waals surface area contributed by atoms with E-state index in [-0.39, 0.29) is 11.0 Å². The number of nitrogens with zero attached hydrogens (tertiary/aromatic N) is 1. The highest BCUT2D eigenvalue weighted by atomic mass is 32.2. The zero-order chi connectivity index (χ0) is 14.3. The molecule has 1 N–H and O–H groups in total. The van der Waals surface area contributed by atoms with Crippen LogP contribution in [0.2, 0.25) is 0 Å². The molecule has 4 nitrogen and oxygen atoms in total. The van der Waals surface area contributed by atoms with Gasteiger partial charge in [-0.1, -0.05) is 17.8 Å². The fraction of sp³-hybridized carbons (Fsp3) is 0.429. The number of fused-ring (bicyclic) bond motifs is 2. The van der Waals surface area contributed by atoms with Gasteiger partial charge >= 0.3 is 0 Å². The lowest BCUT2D eigenvalue weighted by Gasteiger charge is -2.30. The Morgan fingerprint density at radius 2 is 2.40 bits per heavy atom. The Morgan fingerprint density at radius 3 is 3.15 bits per heavy atom. The van der Waals surface area contributed by atoms with Crippen molar-refractivity contribution in [3.63, 3.8) is 0 Å². The van der Waals surface area contributed by atoms with Gasteiger partial charge in [-0.3, -0.25) is 4.79 Å². The molecule has 6 heteroatoms. The van der Waals surface area contributed by atoms with Gasteiger partial charge in [0.2, 0.25) is 5.43 Å². The maximum Gasteiger partial charge on any atom is 0.209 e. The van der Waals surface area contributed by atoms with Crippen molar-refractivity contribution < 1.29 is 4.74 Å². The molecule has 0 fully saturated rings. The van der Waals surface area contributed by atoms with Gasteiger partial charge in [0, 0.05) is 22.6 Å². The summed E-state index contributed by atoms with van der Waals surface area (Å²) in [5, 5.41) is 0.774. The summed E-state index contributed by atoms with van der Waals surface area (Å²) in [6, 6.07) is 0. The number of hydrogen-bond donors (Lipinski definition) is 1. The van der Waals surface area contributed by atoms with E-state index in [0.29, 0.717) is 18.5 Å². The van der Waals surface area contributed by atoms with Crippen molar-refractivity contribution in [3.05, 3.63) is 33.3 Å². The van der Waals surface area contributed by atoms with Crippen molar-refractivity contribution in [3.8, 4) is 0 Å². The van der Waals surface area contributed by atoms with E-state index in [2.05, 4.69) is 16.5 Å². The molecule has 0 saturated heterocycles. The average Bonchev–Trinajstić information content (AvgIpc) is 2.80. The van der Waals surface area contributed by atoms with E-state index < -0.39 is 0 Å². The number of imidazole rings is 1. The fourth-order valence-electron chi connectivity index (χ4n) is 2.26. The van der Waals surface area contributed by atoms with E-state index in [4.69, 9.17) is 4.74 Å². The van der Waals surface area contributed by atoms with E-state index in [1.807, 2.05) is 19.9 Å². The van der Waals surface area contributed by atoms with Crippen LogP contribution in [-0.2, 0) is 17.8 Å². The molecule has 0 radical (unpaired) electrons. The van der Waals surface area contributed by atoms with Gasteiger partial charge in [-0.15, -0.1) is 17.9 Å². The van der Waals surface area contributed by atoms with Crippen molar-refractivity contribution in [1.29, 1.82) is 0 Å². The number of aromatic amines is 1. The minimum Gasteiger partial charge on any atom is -0.370 e. The van der Waals surface area contributed by atoms with Crippen LogP contribution < -0.4 is 5.43 Å². The van der Waals surface area contributed by atoms with E-state index in [9.17, 15) is 4.79 Å². The standard InChI is InChI=1S/C14H16N2O2S2/c1-4-5-19-13-15-10-11(17)8-6-14(2,3)18-7-9(8)20-12(10)16-13/h4H,1,5-7H2,2-3H3,(H,15,16). The van der Waals surface area contributed by atoms with Crippen LogP contribution >= 0.6 is 23.1 Å². The van der Waals surface area contributed by atoms with Crippen LogP contribution in [0, 0.1) is 0 Å². The Bertz CT molecular complexity index is 731. The van der Waals surface area contributed by atoms with Crippen LogP contribution in [-0.4, -0.2) is 21.3 Å². The first-order chi connectivity index (χ1) is 9.50. The van der Waals surface area contributed by atoms with Gasteiger partial charge in [0.15, 0.2) is 5.16 Å². The van der Waals surface area contributed by atoms with Gasteiger partial charge in [-0.2, -0.15) is 0 Å². The summed E-state index contributed by atoms with van der Waals surface area (Å²) in [7, 11) is 0. The van der Waals surface area contributed by atoms with Crippen LogP contribution in [0.5, 0.6) is 0 Å². The molecule has 0 saturated carbocycles. The average molecular weight is 308 g/mol. The Kier molecular flexibility index (Phi) is 3.48. The highest BCUT2D eigenvalue weighted by Gasteiger charge is 2.29. The molecule has 3 heterocycles. The van der Waals surface area contributed by atoms with Crippen LogP contribution in [0.3, 0.4) is 0 Å². The number of thioether (sulfide) groups is 1. The molecule has 3 rings (SSSR count). The molecule has 0 atom stereocenters. The summed E-state index contributed by atoms with van der Waals surface area (Å²) < 4.78 is 5.78. The molecule has 0 unspecified atom stereocenters. The predicted molar refractivity (Wildman–Crippen MR) is 83.7 cm³/mol. The molecule has 0 bridgehead atoms. The first-order valence-electron chi connectivity index (χ1n) is 6.42. The molecule has 1 aliphatic rings. The first-order valence-corrected chi connectivity index (χ1v) is 8.22.